The van der Waals surface area contributed by atoms with Gasteiger partial charge in [0.05, 0.1) is 29.7 Å². The summed E-state index contributed by atoms with van der Waals surface area (Å²) >= 11 is 0. The number of nitrogens with one attached hydrogen (secondary N) is 2. The number of amides is 2. The van der Waals surface area contributed by atoms with Crippen molar-refractivity contribution in [1.29, 1.82) is 0 Å². The number of aromatic hydroxyl groups is 2. The highest BCUT2D eigenvalue weighted by Crippen LogP contribution is 2.42. The summed E-state index contributed by atoms with van der Waals surface area (Å²) in [5, 5.41) is 39.1. The van der Waals surface area contributed by atoms with E-state index in [4.69, 9.17) is 19.9 Å². The Balaban J connectivity index is 2.61. The Kier molecular flexibility index (Phi) is 13.4. The maximum absolute atomic E-state index is 13.0. The predicted molar refractivity (Wildman–Crippen MR) is 163 cm³/mol. The Labute approximate surface area is 248 Å². The number of carbonyl (C=O) groups is 2. The molecular formula is C31H47N3O8. The van der Waals surface area contributed by atoms with Gasteiger partial charge in [-0.3, -0.25) is 4.79 Å². The first-order valence-electron chi connectivity index (χ1n) is 14.1. The molecule has 1 aliphatic heterocycles. The van der Waals surface area contributed by atoms with Crippen molar-refractivity contribution >= 4 is 23.4 Å². The molecule has 0 fully saturated rings. The molecule has 0 saturated carbocycles. The lowest BCUT2D eigenvalue weighted by Gasteiger charge is -2.30. The van der Waals surface area contributed by atoms with Crippen molar-refractivity contribution in [3.8, 4) is 11.5 Å². The van der Waals surface area contributed by atoms with Crippen molar-refractivity contribution in [1.82, 2.24) is 0 Å². The molecule has 234 valence electrons. The number of allylic oxidation sites excluding steroid dienone is 1. The molecule has 42 heavy (non-hydrogen) atoms. The summed E-state index contributed by atoms with van der Waals surface area (Å²) in [6.45, 7) is 11.2. The second kappa shape index (κ2) is 16.2. The third kappa shape index (κ3) is 9.23. The Morgan fingerprint density at radius 1 is 1.21 bits per heavy atom. The van der Waals surface area contributed by atoms with E-state index in [-0.39, 0.29) is 23.1 Å². The average Bonchev–Trinajstić information content (AvgIpc) is 2.94. The number of phenols is 2. The van der Waals surface area contributed by atoms with Crippen LogP contribution in [0.3, 0.4) is 0 Å². The molecule has 2 bridgehead atoms. The van der Waals surface area contributed by atoms with Crippen LogP contribution in [-0.4, -0.2) is 72.5 Å². The zero-order chi connectivity index (χ0) is 31.6. The van der Waals surface area contributed by atoms with Crippen LogP contribution in [0.2, 0.25) is 0 Å². The largest absolute Gasteiger partial charge is 0.506 e. The van der Waals surface area contributed by atoms with Crippen molar-refractivity contribution in [2.45, 2.75) is 77.8 Å². The number of aliphatic hydroxyl groups is 1. The molecule has 2 rings (SSSR count). The maximum atomic E-state index is 13.0. The summed E-state index contributed by atoms with van der Waals surface area (Å²) in [5.41, 5.74) is 7.22. The summed E-state index contributed by atoms with van der Waals surface area (Å²) in [6.07, 6.45) is 2.82. The maximum Gasteiger partial charge on any atom is 0.405 e. The van der Waals surface area contributed by atoms with Crippen LogP contribution in [0, 0.1) is 11.8 Å². The van der Waals surface area contributed by atoms with E-state index in [2.05, 4.69) is 17.2 Å². The fourth-order valence-electron chi connectivity index (χ4n) is 5.29. The van der Waals surface area contributed by atoms with Crippen LogP contribution >= 0.6 is 0 Å². The van der Waals surface area contributed by atoms with E-state index in [9.17, 15) is 24.9 Å². The van der Waals surface area contributed by atoms with Gasteiger partial charge in [0.2, 0.25) is 0 Å². The molecule has 1 aromatic rings. The van der Waals surface area contributed by atoms with Crippen LogP contribution < -0.4 is 16.4 Å². The molecule has 1 heterocycles. The van der Waals surface area contributed by atoms with Gasteiger partial charge in [-0.15, -0.1) is 6.58 Å². The Hall–Kier alpha value is -3.54. The smallest absolute Gasteiger partial charge is 0.405 e. The number of ether oxygens (including phenoxy) is 3. The van der Waals surface area contributed by atoms with Gasteiger partial charge in [0, 0.05) is 43.9 Å². The quantitative estimate of drug-likeness (QED) is 0.160. The van der Waals surface area contributed by atoms with Crippen LogP contribution in [0.15, 0.2) is 42.0 Å². The molecule has 11 nitrogen and oxygen atoms in total. The number of hydrogen-bond acceptors (Lipinski definition) is 9. The third-order valence-electron chi connectivity index (χ3n) is 7.58. The van der Waals surface area contributed by atoms with Crippen LogP contribution in [0.25, 0.3) is 0 Å². The normalized spacial score (nSPS) is 28.9. The van der Waals surface area contributed by atoms with Crippen molar-refractivity contribution in [3.05, 3.63) is 47.6 Å². The Bertz CT molecular complexity index is 1170. The van der Waals surface area contributed by atoms with E-state index in [1.54, 1.807) is 26.0 Å². The van der Waals surface area contributed by atoms with Gasteiger partial charge in [0.15, 0.2) is 6.10 Å². The third-order valence-corrected chi connectivity index (χ3v) is 7.58. The Morgan fingerprint density at radius 2 is 1.88 bits per heavy atom. The van der Waals surface area contributed by atoms with E-state index in [1.807, 2.05) is 19.9 Å². The number of carbonyl (C=O) groups excluding carboxylic acids is 2. The molecule has 1 aromatic carbocycles. The van der Waals surface area contributed by atoms with E-state index < -0.39 is 42.3 Å². The van der Waals surface area contributed by atoms with Gasteiger partial charge in [-0.25, -0.2) is 4.79 Å². The first-order valence-corrected chi connectivity index (χ1v) is 14.1. The number of rotatable bonds is 6. The molecule has 6 atom stereocenters. The summed E-state index contributed by atoms with van der Waals surface area (Å²) in [4.78, 5) is 24.8. The predicted octanol–water partition coefficient (Wildman–Crippen LogP) is 4.38. The topological polar surface area (TPSA) is 173 Å². The highest BCUT2D eigenvalue weighted by Gasteiger charge is 2.30. The first-order chi connectivity index (χ1) is 19.8. The van der Waals surface area contributed by atoms with Gasteiger partial charge in [-0.2, -0.15) is 0 Å². The number of nitrogens with two attached hydrogens (primary N) is 1. The van der Waals surface area contributed by atoms with Gasteiger partial charge in [0.25, 0.3) is 5.91 Å². The summed E-state index contributed by atoms with van der Waals surface area (Å²) in [6, 6.07) is 1.30. The number of fused-ring (bicyclic) bond motifs is 2. The standard InChI is InChI=1S/C31H47N3O8/c1-8-12-33-26-21-13-17(2)14-25(41-7)27(36)19(4)15-20(5)29(42-31(32)39)24(40-6)11-9-10-18(3)30(38)34-22(28(21)37)16-23(26)35/h8,10,15-17,19,24-25,27,29,33,35-37H,1,9,11-14H2,2-7H3,(H2,32,39)(H,34,38)/b18-10+,20-15+/t17-,19+,24?,25+,27-,29+/m1/s1. The van der Waals surface area contributed by atoms with E-state index in [0.717, 1.165) is 0 Å². The minimum absolute atomic E-state index is 0.0657. The zero-order valence-corrected chi connectivity index (χ0v) is 25.5. The lowest BCUT2D eigenvalue weighted by Crippen LogP contribution is -2.37. The molecule has 0 aliphatic carbocycles. The highest BCUT2D eigenvalue weighted by molar-refractivity contribution is 6.04. The molecule has 0 spiro atoms. The van der Waals surface area contributed by atoms with Crippen molar-refractivity contribution in [3.63, 3.8) is 0 Å². The SMILES string of the molecule is C=CCNc1c(O)cc2c(O)c1C[C@@H](C)C[C@H](OC)[C@H](O)[C@@H](C)/C=C(\C)[C@H](OC(N)=O)C(OC)CC/C=C(\C)C(=O)N2. The molecular weight excluding hydrogens is 542 g/mol. The highest BCUT2D eigenvalue weighted by atomic mass is 16.6. The van der Waals surface area contributed by atoms with Crippen LogP contribution in [0.1, 0.15) is 52.5 Å². The van der Waals surface area contributed by atoms with Crippen molar-refractivity contribution < 1.29 is 39.1 Å². The number of anilines is 2. The number of benzene rings is 1. The van der Waals surface area contributed by atoms with Crippen molar-refractivity contribution in [2.24, 2.45) is 17.6 Å². The number of phenolic OH excluding ortho intramolecular Hbond substituents is 2. The van der Waals surface area contributed by atoms with Gasteiger partial charge in [-0.05, 0) is 51.0 Å². The molecule has 1 unspecified atom stereocenters. The summed E-state index contributed by atoms with van der Waals surface area (Å²) in [7, 11) is 3.01. The lowest BCUT2D eigenvalue weighted by atomic mass is 9.87. The lowest BCUT2D eigenvalue weighted by molar-refractivity contribution is -0.112. The average molecular weight is 590 g/mol. The summed E-state index contributed by atoms with van der Waals surface area (Å²) in [5.74, 6) is -1.29. The molecule has 0 aromatic heterocycles. The minimum atomic E-state index is -0.956. The van der Waals surface area contributed by atoms with Crippen LogP contribution in [0.4, 0.5) is 16.2 Å². The monoisotopic (exact) mass is 589 g/mol. The number of methoxy groups -OCH3 is 2. The van der Waals surface area contributed by atoms with Crippen LogP contribution in [-0.2, 0) is 25.4 Å². The molecule has 0 radical (unpaired) electrons. The fraction of sp³-hybridized carbons (Fsp3) is 0.548. The van der Waals surface area contributed by atoms with Crippen molar-refractivity contribution in [2.75, 3.05) is 31.4 Å². The number of hydrogen-bond donors (Lipinski definition) is 6. The second-order valence-electron chi connectivity index (χ2n) is 10.9. The second-order valence-corrected chi connectivity index (χ2v) is 10.9. The van der Waals surface area contributed by atoms with E-state index in [0.29, 0.717) is 54.6 Å². The zero-order valence-electron chi connectivity index (χ0n) is 25.5. The molecule has 1 aliphatic rings. The van der Waals surface area contributed by atoms with Gasteiger partial charge in [-0.1, -0.05) is 32.1 Å². The van der Waals surface area contributed by atoms with E-state index in [1.165, 1.54) is 20.3 Å². The van der Waals surface area contributed by atoms with Gasteiger partial charge >= 0.3 is 6.09 Å². The Morgan fingerprint density at radius 3 is 2.48 bits per heavy atom. The number of aliphatic hydroxyl groups excluding tert-OH is 1. The number of primary amides is 1. The summed E-state index contributed by atoms with van der Waals surface area (Å²) < 4.78 is 16.8. The first kappa shape index (κ1) is 34.7. The molecule has 2 amide bonds. The van der Waals surface area contributed by atoms with Gasteiger partial charge in [0.1, 0.15) is 11.5 Å². The minimum Gasteiger partial charge on any atom is -0.506 e. The van der Waals surface area contributed by atoms with E-state index >= 15 is 0 Å². The van der Waals surface area contributed by atoms with Crippen LogP contribution in [0.5, 0.6) is 11.5 Å². The molecule has 7 N–H and O–H groups in total. The molecule has 11 heteroatoms. The molecule has 0 saturated heterocycles. The fourth-order valence-corrected chi connectivity index (χ4v) is 5.29. The van der Waals surface area contributed by atoms with Gasteiger partial charge < -0.3 is 45.9 Å².